The van der Waals surface area contributed by atoms with Crippen LogP contribution in [0.1, 0.15) is 19.3 Å². The minimum absolute atomic E-state index is 0.180. The van der Waals surface area contributed by atoms with Gasteiger partial charge in [0.1, 0.15) is 5.82 Å². The fourth-order valence-corrected chi connectivity index (χ4v) is 2.64. The second-order valence-electron chi connectivity index (χ2n) is 4.97. The Labute approximate surface area is 109 Å². The molecule has 2 nitrogen and oxygen atoms in total. The number of hydrogen-bond acceptors (Lipinski definition) is 2. The zero-order chi connectivity index (χ0) is 11.8. The van der Waals surface area contributed by atoms with E-state index in [-0.39, 0.29) is 5.82 Å². The maximum Gasteiger partial charge on any atom is 0.139 e. The Hall–Kier alpha value is -0.610. The maximum atomic E-state index is 13.5. The first-order chi connectivity index (χ1) is 8.22. The molecular formula is C13H16BrFN2. The highest BCUT2D eigenvalue weighted by Gasteiger charge is 2.29. The molecule has 0 spiro atoms. The van der Waals surface area contributed by atoms with Crippen molar-refractivity contribution in [1.29, 1.82) is 0 Å². The highest BCUT2D eigenvalue weighted by atomic mass is 79.9. The molecule has 1 atom stereocenters. The molecule has 92 valence electrons. The van der Waals surface area contributed by atoms with Gasteiger partial charge in [-0.3, -0.25) is 0 Å². The van der Waals surface area contributed by atoms with Crippen LogP contribution in [0.3, 0.4) is 0 Å². The first kappa shape index (κ1) is 11.5. The van der Waals surface area contributed by atoms with E-state index < -0.39 is 0 Å². The molecule has 2 fully saturated rings. The molecule has 3 rings (SSSR count). The van der Waals surface area contributed by atoms with E-state index in [4.69, 9.17) is 0 Å². The Kier molecular flexibility index (Phi) is 3.09. The molecule has 1 saturated carbocycles. The number of nitrogens with zero attached hydrogens (tertiary/aromatic N) is 1. The lowest BCUT2D eigenvalue weighted by molar-refractivity contribution is 0.548. The van der Waals surface area contributed by atoms with Gasteiger partial charge in [0.15, 0.2) is 0 Å². The number of halogens is 2. The molecule has 1 N–H and O–H groups in total. The van der Waals surface area contributed by atoms with E-state index in [1.807, 2.05) is 6.07 Å². The molecule has 0 aromatic heterocycles. The molecule has 2 aliphatic rings. The second kappa shape index (κ2) is 4.58. The van der Waals surface area contributed by atoms with Crippen LogP contribution in [0, 0.1) is 5.82 Å². The molecule has 17 heavy (non-hydrogen) atoms. The summed E-state index contributed by atoms with van der Waals surface area (Å²) >= 11 is 3.18. The molecule has 0 bridgehead atoms. The van der Waals surface area contributed by atoms with Crippen LogP contribution >= 0.6 is 15.9 Å². The highest BCUT2D eigenvalue weighted by molar-refractivity contribution is 9.10. The van der Waals surface area contributed by atoms with E-state index in [9.17, 15) is 4.39 Å². The van der Waals surface area contributed by atoms with E-state index in [0.717, 1.165) is 31.2 Å². The molecule has 1 aromatic rings. The largest absolute Gasteiger partial charge is 0.370 e. The predicted octanol–water partition coefficient (Wildman–Crippen LogP) is 2.92. The highest BCUT2D eigenvalue weighted by Crippen LogP contribution is 2.27. The maximum absolute atomic E-state index is 13.5. The van der Waals surface area contributed by atoms with Crippen molar-refractivity contribution in [3.05, 3.63) is 28.5 Å². The van der Waals surface area contributed by atoms with Gasteiger partial charge in [0.2, 0.25) is 0 Å². The number of anilines is 1. The Balaban J connectivity index is 1.66. The van der Waals surface area contributed by atoms with Gasteiger partial charge in [-0.15, -0.1) is 0 Å². The molecule has 1 saturated heterocycles. The quantitative estimate of drug-likeness (QED) is 0.923. The van der Waals surface area contributed by atoms with Crippen LogP contribution in [0.4, 0.5) is 10.1 Å². The SMILES string of the molecule is Fc1cc(N2CCC(NC3CC3)C2)ccc1Br. The van der Waals surface area contributed by atoms with Gasteiger partial charge in [0.05, 0.1) is 4.47 Å². The van der Waals surface area contributed by atoms with Crippen LogP contribution in [-0.4, -0.2) is 25.2 Å². The number of hydrogen-bond donors (Lipinski definition) is 1. The van der Waals surface area contributed by atoms with Gasteiger partial charge in [-0.1, -0.05) is 0 Å². The Morgan fingerprint density at radius 1 is 1.24 bits per heavy atom. The van der Waals surface area contributed by atoms with Gasteiger partial charge >= 0.3 is 0 Å². The summed E-state index contributed by atoms with van der Waals surface area (Å²) in [6, 6.07) is 6.71. The number of benzene rings is 1. The van der Waals surface area contributed by atoms with Gasteiger partial charge in [-0.25, -0.2) is 4.39 Å². The lowest BCUT2D eigenvalue weighted by atomic mass is 10.2. The topological polar surface area (TPSA) is 15.3 Å². The summed E-state index contributed by atoms with van der Waals surface area (Å²) in [5.41, 5.74) is 0.991. The van der Waals surface area contributed by atoms with Crippen LogP contribution < -0.4 is 10.2 Å². The summed E-state index contributed by atoms with van der Waals surface area (Å²) in [4.78, 5) is 2.26. The van der Waals surface area contributed by atoms with Crippen molar-refractivity contribution < 1.29 is 4.39 Å². The first-order valence-corrected chi connectivity index (χ1v) is 6.98. The van der Waals surface area contributed by atoms with E-state index >= 15 is 0 Å². The molecule has 1 unspecified atom stereocenters. The van der Waals surface area contributed by atoms with Crippen molar-refractivity contribution in [2.24, 2.45) is 0 Å². The van der Waals surface area contributed by atoms with Crippen molar-refractivity contribution in [3.63, 3.8) is 0 Å². The standard InChI is InChI=1S/C13H16BrFN2/c14-12-4-3-11(7-13(12)15)17-6-5-10(8-17)16-9-1-2-9/h3-4,7,9-10,16H,1-2,5-6,8H2. The smallest absolute Gasteiger partial charge is 0.139 e. The normalized spacial score (nSPS) is 24.4. The van der Waals surface area contributed by atoms with Gasteiger partial charge in [0.25, 0.3) is 0 Å². The summed E-state index contributed by atoms with van der Waals surface area (Å²) in [6.07, 6.45) is 3.81. The van der Waals surface area contributed by atoms with Crippen LogP contribution in [0.25, 0.3) is 0 Å². The number of rotatable bonds is 3. The zero-order valence-corrected chi connectivity index (χ0v) is 11.2. The van der Waals surface area contributed by atoms with E-state index in [1.165, 1.54) is 12.8 Å². The summed E-state index contributed by atoms with van der Waals surface area (Å²) < 4.78 is 14.0. The molecule has 4 heteroatoms. The number of nitrogens with one attached hydrogen (secondary N) is 1. The summed E-state index contributed by atoms with van der Waals surface area (Å²) in [7, 11) is 0. The Morgan fingerprint density at radius 2 is 2.06 bits per heavy atom. The van der Waals surface area contributed by atoms with Gasteiger partial charge in [-0.2, -0.15) is 0 Å². The van der Waals surface area contributed by atoms with Crippen molar-refractivity contribution in [2.75, 3.05) is 18.0 Å². The third kappa shape index (κ3) is 2.63. The fraction of sp³-hybridized carbons (Fsp3) is 0.538. The van der Waals surface area contributed by atoms with Gasteiger partial charge in [0, 0.05) is 30.9 Å². The average Bonchev–Trinajstić information content (AvgIpc) is 2.99. The lowest BCUT2D eigenvalue weighted by Gasteiger charge is -2.19. The van der Waals surface area contributed by atoms with Crippen molar-refractivity contribution in [1.82, 2.24) is 5.32 Å². The molecule has 1 aromatic carbocycles. The van der Waals surface area contributed by atoms with Gasteiger partial charge in [-0.05, 0) is 53.4 Å². The van der Waals surface area contributed by atoms with Crippen molar-refractivity contribution >= 4 is 21.6 Å². The second-order valence-corrected chi connectivity index (χ2v) is 5.83. The van der Waals surface area contributed by atoms with Crippen LogP contribution in [0.5, 0.6) is 0 Å². The molecule has 1 aliphatic carbocycles. The van der Waals surface area contributed by atoms with Crippen LogP contribution in [0.15, 0.2) is 22.7 Å². The molecule has 1 aliphatic heterocycles. The minimum Gasteiger partial charge on any atom is -0.370 e. The van der Waals surface area contributed by atoms with E-state index in [1.54, 1.807) is 12.1 Å². The minimum atomic E-state index is -0.180. The molecule has 0 radical (unpaired) electrons. The molecule has 0 amide bonds. The zero-order valence-electron chi connectivity index (χ0n) is 9.63. The Bertz CT molecular complexity index is 420. The summed E-state index contributed by atoms with van der Waals surface area (Å²) in [5.74, 6) is -0.180. The third-order valence-corrected chi connectivity index (χ3v) is 4.15. The third-order valence-electron chi connectivity index (χ3n) is 3.51. The van der Waals surface area contributed by atoms with E-state index in [0.29, 0.717) is 10.5 Å². The monoisotopic (exact) mass is 298 g/mol. The van der Waals surface area contributed by atoms with Crippen LogP contribution in [0.2, 0.25) is 0 Å². The first-order valence-electron chi connectivity index (χ1n) is 6.18. The lowest BCUT2D eigenvalue weighted by Crippen LogP contribution is -2.33. The summed E-state index contributed by atoms with van der Waals surface area (Å²) in [6.45, 7) is 2.02. The van der Waals surface area contributed by atoms with Gasteiger partial charge < -0.3 is 10.2 Å². The van der Waals surface area contributed by atoms with Crippen molar-refractivity contribution in [2.45, 2.75) is 31.3 Å². The molecule has 1 heterocycles. The molecular weight excluding hydrogens is 283 g/mol. The Morgan fingerprint density at radius 3 is 2.76 bits per heavy atom. The van der Waals surface area contributed by atoms with Crippen molar-refractivity contribution in [3.8, 4) is 0 Å². The fourth-order valence-electron chi connectivity index (χ4n) is 2.40. The summed E-state index contributed by atoms with van der Waals surface area (Å²) in [5, 5.41) is 3.63. The predicted molar refractivity (Wildman–Crippen MR) is 70.9 cm³/mol. The van der Waals surface area contributed by atoms with Crippen LogP contribution in [-0.2, 0) is 0 Å². The average molecular weight is 299 g/mol. The van der Waals surface area contributed by atoms with E-state index in [2.05, 4.69) is 26.1 Å².